The second kappa shape index (κ2) is 1.28. The van der Waals surface area contributed by atoms with E-state index in [9.17, 15) is 8.42 Å². The maximum absolute atomic E-state index is 11.0. The summed E-state index contributed by atoms with van der Waals surface area (Å²) in [6.07, 6.45) is 0.999. The van der Waals surface area contributed by atoms with Gasteiger partial charge in [-0.1, -0.05) is 6.92 Å². The molecule has 2 atom stereocenters. The van der Waals surface area contributed by atoms with E-state index >= 15 is 0 Å². The van der Waals surface area contributed by atoms with Crippen LogP contribution in [0.5, 0.6) is 0 Å². The fourth-order valence-electron chi connectivity index (χ4n) is 1.90. The molecule has 0 aromatic rings. The minimum absolute atomic E-state index is 0.0336. The first-order valence-corrected chi connectivity index (χ1v) is 5.04. The Morgan fingerprint density at radius 2 is 2.00 bits per heavy atom. The first-order chi connectivity index (χ1) is 4.37. The highest BCUT2D eigenvalue weighted by Crippen LogP contribution is 2.60. The summed E-state index contributed by atoms with van der Waals surface area (Å²) in [5.74, 6) is 0.316. The third-order valence-electron chi connectivity index (χ3n) is 2.84. The van der Waals surface area contributed by atoms with Gasteiger partial charge in [-0.05, 0) is 13.3 Å². The van der Waals surface area contributed by atoms with Crippen molar-refractivity contribution in [1.29, 1.82) is 0 Å². The highest BCUT2D eigenvalue weighted by molar-refractivity contribution is 7.89. The van der Waals surface area contributed by atoms with Gasteiger partial charge in [0.1, 0.15) is 0 Å². The van der Waals surface area contributed by atoms with Gasteiger partial charge < -0.3 is 0 Å². The number of hydrogen-bond donors (Lipinski definition) is 1. The van der Waals surface area contributed by atoms with E-state index in [1.54, 1.807) is 0 Å². The molecule has 2 fully saturated rings. The molecule has 2 unspecified atom stereocenters. The quantitative estimate of drug-likeness (QED) is 0.547. The molecule has 1 heterocycles. The standard InChI is InChI=1S/C6H11NO2S/c1-5-3-6(5,2)7-10(8,9)4-5/h7H,3-4H2,1-2H3. The summed E-state index contributed by atoms with van der Waals surface area (Å²) in [5.41, 5.74) is -0.0718. The highest BCUT2D eigenvalue weighted by atomic mass is 32.2. The summed E-state index contributed by atoms with van der Waals surface area (Å²) in [7, 11) is -2.91. The van der Waals surface area contributed by atoms with Crippen LogP contribution in [0.15, 0.2) is 0 Å². The Bertz CT molecular complexity index is 262. The Balaban J connectivity index is 2.40. The van der Waals surface area contributed by atoms with Crippen LogP contribution in [0.25, 0.3) is 0 Å². The van der Waals surface area contributed by atoms with Gasteiger partial charge in [-0.15, -0.1) is 0 Å². The van der Waals surface area contributed by atoms with Gasteiger partial charge in [-0.25, -0.2) is 13.1 Å². The zero-order chi connectivity index (χ0) is 7.62. The van der Waals surface area contributed by atoms with Crippen LogP contribution >= 0.6 is 0 Å². The lowest BCUT2D eigenvalue weighted by atomic mass is 10.1. The Kier molecular flexibility index (Phi) is 0.843. The molecule has 0 aromatic carbocycles. The van der Waals surface area contributed by atoms with Gasteiger partial charge in [0.25, 0.3) is 0 Å². The van der Waals surface area contributed by atoms with E-state index in [4.69, 9.17) is 0 Å². The first kappa shape index (κ1) is 6.61. The topological polar surface area (TPSA) is 46.2 Å². The molecule has 1 aliphatic carbocycles. The summed E-state index contributed by atoms with van der Waals surface area (Å²) < 4.78 is 24.6. The van der Waals surface area contributed by atoms with Crippen molar-refractivity contribution >= 4 is 10.0 Å². The van der Waals surface area contributed by atoms with Crippen LogP contribution in [0.4, 0.5) is 0 Å². The molecule has 10 heavy (non-hydrogen) atoms. The summed E-state index contributed by atoms with van der Waals surface area (Å²) in [4.78, 5) is 0. The highest BCUT2D eigenvalue weighted by Gasteiger charge is 2.68. The molecule has 4 heteroatoms. The monoisotopic (exact) mass is 161 g/mol. The average Bonchev–Trinajstić information content (AvgIpc) is 1.93. The molecule has 0 bridgehead atoms. The van der Waals surface area contributed by atoms with E-state index in [1.807, 2.05) is 13.8 Å². The fraction of sp³-hybridized carbons (Fsp3) is 1.00. The van der Waals surface area contributed by atoms with E-state index in [0.29, 0.717) is 5.75 Å². The van der Waals surface area contributed by atoms with Crippen LogP contribution in [-0.4, -0.2) is 19.7 Å². The minimum Gasteiger partial charge on any atom is -0.212 e. The Morgan fingerprint density at radius 3 is 2.20 bits per heavy atom. The normalized spacial score (nSPS) is 56.2. The first-order valence-electron chi connectivity index (χ1n) is 3.39. The van der Waals surface area contributed by atoms with Crippen LogP contribution in [0, 0.1) is 5.41 Å². The van der Waals surface area contributed by atoms with E-state index in [-0.39, 0.29) is 11.0 Å². The van der Waals surface area contributed by atoms with Gasteiger partial charge in [-0.2, -0.15) is 0 Å². The van der Waals surface area contributed by atoms with E-state index < -0.39 is 10.0 Å². The van der Waals surface area contributed by atoms with Gasteiger partial charge in [0, 0.05) is 11.0 Å². The molecule has 2 rings (SSSR count). The van der Waals surface area contributed by atoms with Gasteiger partial charge in [-0.3, -0.25) is 0 Å². The average molecular weight is 161 g/mol. The van der Waals surface area contributed by atoms with Gasteiger partial charge >= 0.3 is 0 Å². The number of hydrogen-bond acceptors (Lipinski definition) is 2. The Hall–Kier alpha value is -0.0900. The van der Waals surface area contributed by atoms with Gasteiger partial charge in [0.2, 0.25) is 10.0 Å². The smallest absolute Gasteiger partial charge is 0.212 e. The largest absolute Gasteiger partial charge is 0.212 e. The predicted molar refractivity (Wildman–Crippen MR) is 38.1 cm³/mol. The molecule has 1 saturated heterocycles. The van der Waals surface area contributed by atoms with Crippen molar-refractivity contribution < 1.29 is 8.42 Å². The molecule has 2 aliphatic rings. The van der Waals surface area contributed by atoms with Gasteiger partial charge in [0.15, 0.2) is 0 Å². The van der Waals surface area contributed by atoms with Crippen molar-refractivity contribution in [2.45, 2.75) is 25.8 Å². The molecular formula is C6H11NO2S. The summed E-state index contributed by atoms with van der Waals surface area (Å²) in [6.45, 7) is 3.99. The zero-order valence-electron chi connectivity index (χ0n) is 6.14. The molecule has 1 aliphatic heterocycles. The summed E-state index contributed by atoms with van der Waals surface area (Å²) >= 11 is 0. The molecule has 58 valence electrons. The van der Waals surface area contributed by atoms with Crippen molar-refractivity contribution in [3.63, 3.8) is 0 Å². The zero-order valence-corrected chi connectivity index (χ0v) is 6.96. The number of sulfonamides is 1. The van der Waals surface area contributed by atoms with Crippen LogP contribution in [-0.2, 0) is 10.0 Å². The van der Waals surface area contributed by atoms with Crippen molar-refractivity contribution in [3.05, 3.63) is 0 Å². The number of fused-ring (bicyclic) bond motifs is 1. The number of nitrogens with one attached hydrogen (secondary N) is 1. The van der Waals surface area contributed by atoms with Crippen molar-refractivity contribution in [1.82, 2.24) is 4.72 Å². The fourth-order valence-corrected chi connectivity index (χ4v) is 4.24. The molecule has 1 saturated carbocycles. The number of rotatable bonds is 0. The maximum atomic E-state index is 11.0. The molecule has 0 amide bonds. The van der Waals surface area contributed by atoms with E-state index in [2.05, 4.69) is 4.72 Å². The second-order valence-corrected chi connectivity index (χ2v) is 5.65. The van der Waals surface area contributed by atoms with Crippen molar-refractivity contribution in [2.75, 3.05) is 5.75 Å². The van der Waals surface area contributed by atoms with E-state index in [0.717, 1.165) is 6.42 Å². The minimum atomic E-state index is -2.91. The Labute approximate surface area is 60.9 Å². The molecule has 3 nitrogen and oxygen atoms in total. The molecule has 0 spiro atoms. The van der Waals surface area contributed by atoms with Crippen molar-refractivity contribution in [3.8, 4) is 0 Å². The predicted octanol–water partition coefficient (Wildman–Crippen LogP) is 0.0881. The lowest BCUT2D eigenvalue weighted by Gasteiger charge is -2.03. The SMILES string of the molecule is CC12CC1(C)NS(=O)(=O)C2. The van der Waals surface area contributed by atoms with Gasteiger partial charge in [0.05, 0.1) is 5.75 Å². The van der Waals surface area contributed by atoms with Crippen LogP contribution in [0.2, 0.25) is 0 Å². The Morgan fingerprint density at radius 1 is 1.40 bits per heavy atom. The lowest BCUT2D eigenvalue weighted by molar-refractivity contribution is 0.536. The van der Waals surface area contributed by atoms with Crippen LogP contribution in [0.3, 0.4) is 0 Å². The summed E-state index contributed by atoms with van der Waals surface area (Å²) in [5, 5.41) is 0. The molecular weight excluding hydrogens is 150 g/mol. The lowest BCUT2D eigenvalue weighted by Crippen LogP contribution is -2.29. The summed E-state index contributed by atoms with van der Waals surface area (Å²) in [6, 6.07) is 0. The van der Waals surface area contributed by atoms with Crippen LogP contribution in [0.1, 0.15) is 20.3 Å². The second-order valence-electron chi connectivity index (χ2n) is 3.93. The molecule has 0 aromatic heterocycles. The molecule has 0 radical (unpaired) electrons. The molecule has 1 N–H and O–H groups in total. The van der Waals surface area contributed by atoms with Crippen molar-refractivity contribution in [2.24, 2.45) is 5.41 Å². The third-order valence-corrected chi connectivity index (χ3v) is 4.62. The third kappa shape index (κ3) is 0.609. The van der Waals surface area contributed by atoms with Crippen LogP contribution < -0.4 is 4.72 Å². The van der Waals surface area contributed by atoms with E-state index in [1.165, 1.54) is 0 Å². The maximum Gasteiger partial charge on any atom is 0.212 e.